The van der Waals surface area contributed by atoms with Gasteiger partial charge < -0.3 is 5.32 Å². The van der Waals surface area contributed by atoms with Crippen molar-refractivity contribution in [3.05, 3.63) is 51.5 Å². The second-order valence-electron chi connectivity index (χ2n) is 5.73. The van der Waals surface area contributed by atoms with Crippen LogP contribution in [0.1, 0.15) is 34.5 Å². The molecule has 0 radical (unpaired) electrons. The summed E-state index contributed by atoms with van der Waals surface area (Å²) in [6.07, 6.45) is 0. The van der Waals surface area contributed by atoms with E-state index in [2.05, 4.69) is 60.4 Å². The van der Waals surface area contributed by atoms with Gasteiger partial charge >= 0.3 is 0 Å². The van der Waals surface area contributed by atoms with E-state index in [9.17, 15) is 0 Å². The molecule has 1 unspecified atom stereocenters. The Labute approximate surface area is 132 Å². The molecule has 0 saturated heterocycles. The van der Waals surface area contributed by atoms with Crippen molar-refractivity contribution in [2.24, 2.45) is 0 Å². The van der Waals surface area contributed by atoms with Crippen LogP contribution in [0.5, 0.6) is 0 Å². The van der Waals surface area contributed by atoms with Crippen molar-refractivity contribution < 1.29 is 0 Å². The van der Waals surface area contributed by atoms with Crippen LogP contribution in [0, 0.1) is 6.92 Å². The molecule has 3 nitrogen and oxygen atoms in total. The summed E-state index contributed by atoms with van der Waals surface area (Å²) in [5.74, 6) is 0.557. The molecule has 1 atom stereocenters. The third-order valence-corrected chi connectivity index (χ3v) is 4.69. The fourth-order valence-electron chi connectivity index (χ4n) is 2.47. The molecule has 1 heterocycles. The summed E-state index contributed by atoms with van der Waals surface area (Å²) in [6.45, 7) is 7.29. The van der Waals surface area contributed by atoms with Gasteiger partial charge in [-0.15, -0.1) is 11.3 Å². The number of benzene rings is 1. The maximum Gasteiger partial charge on any atom is 0.0798 e. The Morgan fingerprint density at radius 1 is 1.24 bits per heavy atom. The van der Waals surface area contributed by atoms with Gasteiger partial charge in [-0.2, -0.15) is 0 Å². The van der Waals surface area contributed by atoms with E-state index < -0.39 is 0 Å². The fraction of sp³-hybridized carbons (Fsp3) is 0.471. The van der Waals surface area contributed by atoms with Gasteiger partial charge in [-0.1, -0.05) is 31.2 Å². The molecule has 1 aromatic carbocycles. The summed E-state index contributed by atoms with van der Waals surface area (Å²) >= 11 is 1.74. The largest absolute Gasteiger partial charge is 0.319 e. The molecule has 2 rings (SSSR count). The number of rotatable bonds is 7. The molecule has 0 aliphatic carbocycles. The van der Waals surface area contributed by atoms with Crippen molar-refractivity contribution >= 4 is 11.3 Å². The highest BCUT2D eigenvalue weighted by Crippen LogP contribution is 2.18. The molecule has 0 bridgehead atoms. The molecule has 0 saturated carbocycles. The zero-order valence-corrected chi connectivity index (χ0v) is 14.2. The first kappa shape index (κ1) is 16.1. The lowest BCUT2D eigenvalue weighted by Crippen LogP contribution is -2.17. The Balaban J connectivity index is 1.92. The van der Waals surface area contributed by atoms with Gasteiger partial charge in [0, 0.05) is 24.5 Å². The van der Waals surface area contributed by atoms with E-state index in [4.69, 9.17) is 0 Å². The van der Waals surface area contributed by atoms with Crippen LogP contribution in [0.3, 0.4) is 0 Å². The number of aryl methyl sites for hydroxylation is 1. The number of nitrogens with zero attached hydrogens (tertiary/aromatic N) is 2. The minimum absolute atomic E-state index is 0.557. The Hall–Kier alpha value is -1.23. The third kappa shape index (κ3) is 4.63. The van der Waals surface area contributed by atoms with Crippen molar-refractivity contribution in [3.63, 3.8) is 0 Å². The number of thiazole rings is 1. The van der Waals surface area contributed by atoms with E-state index in [1.807, 2.05) is 12.6 Å². The number of hydrogen-bond donors (Lipinski definition) is 1. The second kappa shape index (κ2) is 7.69. The van der Waals surface area contributed by atoms with E-state index in [1.165, 1.54) is 16.0 Å². The van der Waals surface area contributed by atoms with E-state index in [0.717, 1.165) is 25.3 Å². The second-order valence-corrected chi connectivity index (χ2v) is 6.67. The average Bonchev–Trinajstić information content (AvgIpc) is 2.85. The lowest BCUT2D eigenvalue weighted by molar-refractivity contribution is 0.321. The standard InChI is InChI=1S/C17H25N3S/c1-13(9-18-3)16-7-5-15(6-8-16)10-20(4)11-17-14(2)19-12-21-17/h5-8,12-13,18H,9-11H2,1-4H3. The summed E-state index contributed by atoms with van der Waals surface area (Å²) in [4.78, 5) is 8.01. The molecular formula is C17H25N3S. The monoisotopic (exact) mass is 303 g/mol. The lowest BCUT2D eigenvalue weighted by Gasteiger charge is -2.17. The van der Waals surface area contributed by atoms with Gasteiger partial charge in [0.1, 0.15) is 0 Å². The van der Waals surface area contributed by atoms with Crippen molar-refractivity contribution in [1.29, 1.82) is 0 Å². The summed E-state index contributed by atoms with van der Waals surface area (Å²) in [5, 5.41) is 3.23. The molecule has 0 amide bonds. The molecule has 0 fully saturated rings. The fourth-order valence-corrected chi connectivity index (χ4v) is 3.32. The van der Waals surface area contributed by atoms with Gasteiger partial charge in [-0.25, -0.2) is 4.98 Å². The highest BCUT2D eigenvalue weighted by Gasteiger charge is 2.08. The molecule has 4 heteroatoms. The molecule has 1 N–H and O–H groups in total. The summed E-state index contributed by atoms with van der Waals surface area (Å²) in [5.41, 5.74) is 5.84. The van der Waals surface area contributed by atoms with Crippen molar-refractivity contribution in [2.45, 2.75) is 32.9 Å². The average molecular weight is 303 g/mol. The van der Waals surface area contributed by atoms with Crippen LogP contribution in [0.15, 0.2) is 29.8 Å². The maximum atomic E-state index is 4.31. The zero-order valence-electron chi connectivity index (χ0n) is 13.4. The van der Waals surface area contributed by atoms with Gasteiger partial charge in [0.15, 0.2) is 0 Å². The van der Waals surface area contributed by atoms with E-state index in [0.29, 0.717) is 5.92 Å². The topological polar surface area (TPSA) is 28.2 Å². The van der Waals surface area contributed by atoms with Crippen LogP contribution in [0.2, 0.25) is 0 Å². The van der Waals surface area contributed by atoms with Gasteiger partial charge in [-0.3, -0.25) is 4.90 Å². The molecular weight excluding hydrogens is 278 g/mol. The molecule has 1 aromatic heterocycles. The Bertz CT molecular complexity index is 547. The Morgan fingerprint density at radius 3 is 2.52 bits per heavy atom. The van der Waals surface area contributed by atoms with Gasteiger partial charge in [0.25, 0.3) is 0 Å². The highest BCUT2D eigenvalue weighted by molar-refractivity contribution is 7.09. The number of likely N-dealkylation sites (N-methyl/N-ethyl adjacent to an activating group) is 1. The van der Waals surface area contributed by atoms with Gasteiger partial charge in [0.05, 0.1) is 11.2 Å². The minimum atomic E-state index is 0.557. The van der Waals surface area contributed by atoms with Crippen LogP contribution in [0.25, 0.3) is 0 Å². The maximum absolute atomic E-state index is 4.31. The summed E-state index contributed by atoms with van der Waals surface area (Å²) in [6, 6.07) is 9.00. The first-order valence-electron chi connectivity index (χ1n) is 7.41. The van der Waals surface area contributed by atoms with E-state index in [-0.39, 0.29) is 0 Å². The first-order chi connectivity index (χ1) is 10.1. The molecule has 0 spiro atoms. The molecule has 0 aliphatic heterocycles. The van der Waals surface area contributed by atoms with Crippen LogP contribution < -0.4 is 5.32 Å². The zero-order chi connectivity index (χ0) is 15.2. The molecule has 114 valence electrons. The molecule has 2 aromatic rings. The van der Waals surface area contributed by atoms with Gasteiger partial charge in [0.2, 0.25) is 0 Å². The number of nitrogens with one attached hydrogen (secondary N) is 1. The third-order valence-electron chi connectivity index (χ3n) is 3.77. The number of aromatic nitrogens is 1. The first-order valence-corrected chi connectivity index (χ1v) is 8.29. The van der Waals surface area contributed by atoms with Crippen LogP contribution in [-0.2, 0) is 13.1 Å². The quantitative estimate of drug-likeness (QED) is 0.849. The smallest absolute Gasteiger partial charge is 0.0798 e. The van der Waals surface area contributed by atoms with Crippen molar-refractivity contribution in [3.8, 4) is 0 Å². The van der Waals surface area contributed by atoms with Crippen LogP contribution in [-0.4, -0.2) is 30.5 Å². The highest BCUT2D eigenvalue weighted by atomic mass is 32.1. The number of hydrogen-bond acceptors (Lipinski definition) is 4. The van der Waals surface area contributed by atoms with Crippen LogP contribution in [0.4, 0.5) is 0 Å². The van der Waals surface area contributed by atoms with Crippen molar-refractivity contribution in [2.75, 3.05) is 20.6 Å². The lowest BCUT2D eigenvalue weighted by atomic mass is 10.00. The minimum Gasteiger partial charge on any atom is -0.319 e. The van der Waals surface area contributed by atoms with E-state index in [1.54, 1.807) is 11.3 Å². The normalized spacial score (nSPS) is 12.8. The summed E-state index contributed by atoms with van der Waals surface area (Å²) < 4.78 is 0. The SMILES string of the molecule is CNCC(C)c1ccc(CN(C)Cc2scnc2C)cc1. The van der Waals surface area contributed by atoms with Gasteiger partial charge in [-0.05, 0) is 38.1 Å². The summed E-state index contributed by atoms with van der Waals surface area (Å²) in [7, 11) is 4.16. The van der Waals surface area contributed by atoms with Crippen LogP contribution >= 0.6 is 11.3 Å². The Kier molecular flexibility index (Phi) is 5.91. The molecule has 0 aliphatic rings. The van der Waals surface area contributed by atoms with E-state index >= 15 is 0 Å². The predicted molar refractivity (Wildman–Crippen MR) is 90.8 cm³/mol. The molecule has 21 heavy (non-hydrogen) atoms. The predicted octanol–water partition coefficient (Wildman–Crippen LogP) is 3.41. The van der Waals surface area contributed by atoms with Crippen molar-refractivity contribution in [1.82, 2.24) is 15.2 Å². The Morgan fingerprint density at radius 2 is 1.95 bits per heavy atom.